The second-order valence-corrected chi connectivity index (χ2v) is 4.50. The first-order valence-electron chi connectivity index (χ1n) is 6.53. The zero-order valence-electron chi connectivity index (χ0n) is 12.0. The van der Waals surface area contributed by atoms with Crippen LogP contribution in [0.2, 0.25) is 0 Å². The van der Waals surface area contributed by atoms with E-state index in [2.05, 4.69) is 15.3 Å². The van der Waals surface area contributed by atoms with E-state index in [-0.39, 0.29) is 30.3 Å². The molecule has 0 aliphatic heterocycles. The van der Waals surface area contributed by atoms with Crippen LogP contribution in [0.25, 0.3) is 11.4 Å². The van der Waals surface area contributed by atoms with Gasteiger partial charge in [-0.2, -0.15) is 13.2 Å². The minimum atomic E-state index is -4.59. The van der Waals surface area contributed by atoms with E-state index in [1.165, 1.54) is 12.1 Å². The number of carbonyl (C=O) groups excluding carboxylic acids is 1. The second-order valence-electron chi connectivity index (χ2n) is 4.50. The van der Waals surface area contributed by atoms with Crippen LogP contribution in [-0.2, 0) is 11.0 Å². The third-order valence-electron chi connectivity index (χ3n) is 2.90. The molecule has 2 N–H and O–H groups in total. The summed E-state index contributed by atoms with van der Waals surface area (Å²) in [5, 5.41) is 13.4. The molecule has 0 saturated heterocycles. The highest BCUT2D eigenvalue weighted by Crippen LogP contribution is 2.33. The van der Waals surface area contributed by atoms with Gasteiger partial charge in [0, 0.05) is 11.6 Å². The number of amides is 1. The lowest BCUT2D eigenvalue weighted by molar-refractivity contribution is -0.385. The number of hydrogen-bond donors (Lipinski definition) is 2. The minimum Gasteiger partial charge on any atom is -0.485 e. The van der Waals surface area contributed by atoms with Crippen molar-refractivity contribution in [1.82, 2.24) is 15.3 Å². The number of nitrogens with zero attached hydrogens (tertiary/aromatic N) is 2. The molecule has 128 valence electrons. The van der Waals surface area contributed by atoms with Gasteiger partial charge in [0.15, 0.2) is 5.75 Å². The van der Waals surface area contributed by atoms with Crippen LogP contribution in [0.15, 0.2) is 24.4 Å². The summed E-state index contributed by atoms with van der Waals surface area (Å²) < 4.78 is 42.9. The number of imidazole rings is 1. The summed E-state index contributed by atoms with van der Waals surface area (Å²) in [5.41, 5.74) is -1.38. The van der Waals surface area contributed by atoms with Crippen molar-refractivity contribution in [2.45, 2.75) is 6.18 Å². The number of H-pyrrole nitrogens is 1. The van der Waals surface area contributed by atoms with E-state index in [1.54, 1.807) is 0 Å². The van der Waals surface area contributed by atoms with Crippen LogP contribution in [0.1, 0.15) is 5.69 Å². The molecule has 1 aromatic heterocycles. The fraction of sp³-hybridized carbons (Fsp3) is 0.231. The van der Waals surface area contributed by atoms with E-state index in [0.717, 1.165) is 6.07 Å². The molecule has 1 aromatic carbocycles. The van der Waals surface area contributed by atoms with Crippen LogP contribution in [-0.4, -0.2) is 34.5 Å². The highest BCUT2D eigenvalue weighted by molar-refractivity contribution is 5.63. The Morgan fingerprint density at radius 3 is 2.75 bits per heavy atom. The Morgan fingerprint density at radius 2 is 2.17 bits per heavy atom. The highest BCUT2D eigenvalue weighted by atomic mass is 19.4. The van der Waals surface area contributed by atoms with Gasteiger partial charge >= 0.3 is 11.9 Å². The van der Waals surface area contributed by atoms with Crippen molar-refractivity contribution in [3.63, 3.8) is 0 Å². The van der Waals surface area contributed by atoms with Crippen LogP contribution in [0.5, 0.6) is 5.75 Å². The fourth-order valence-corrected chi connectivity index (χ4v) is 1.82. The van der Waals surface area contributed by atoms with Crippen LogP contribution >= 0.6 is 0 Å². The van der Waals surface area contributed by atoms with Crippen molar-refractivity contribution >= 4 is 12.1 Å². The number of nitrogens with one attached hydrogen (secondary N) is 2. The molecule has 0 unspecified atom stereocenters. The molecule has 0 saturated carbocycles. The van der Waals surface area contributed by atoms with E-state index in [1.807, 2.05) is 0 Å². The molecule has 2 rings (SSSR count). The average Bonchev–Trinajstić information content (AvgIpc) is 3.01. The molecule has 0 aliphatic carbocycles. The van der Waals surface area contributed by atoms with Crippen molar-refractivity contribution in [3.8, 4) is 17.1 Å². The van der Waals surface area contributed by atoms with Crippen LogP contribution in [0.3, 0.4) is 0 Å². The van der Waals surface area contributed by atoms with Gasteiger partial charge in [-0.15, -0.1) is 0 Å². The number of aromatic amines is 1. The first-order chi connectivity index (χ1) is 11.3. The normalized spacial score (nSPS) is 11.1. The first-order valence-corrected chi connectivity index (χ1v) is 6.53. The Hall–Kier alpha value is -3.11. The smallest absolute Gasteiger partial charge is 0.432 e. The number of nitro groups is 1. The molecule has 0 fully saturated rings. The summed E-state index contributed by atoms with van der Waals surface area (Å²) >= 11 is 0. The van der Waals surface area contributed by atoms with Gasteiger partial charge in [-0.1, -0.05) is 0 Å². The number of hydrogen-bond acceptors (Lipinski definition) is 5. The number of ether oxygens (including phenoxy) is 1. The molecule has 0 aliphatic rings. The van der Waals surface area contributed by atoms with Gasteiger partial charge in [-0.05, 0) is 12.1 Å². The number of halogens is 3. The number of alkyl halides is 3. The van der Waals surface area contributed by atoms with E-state index in [0.29, 0.717) is 12.6 Å². The predicted molar refractivity (Wildman–Crippen MR) is 75.2 cm³/mol. The predicted octanol–water partition coefficient (Wildman–Crippen LogP) is 2.13. The topological polar surface area (TPSA) is 110 Å². The number of aromatic nitrogens is 2. The minimum absolute atomic E-state index is 0.00208. The second kappa shape index (κ2) is 6.98. The summed E-state index contributed by atoms with van der Waals surface area (Å²) in [4.78, 5) is 26.1. The van der Waals surface area contributed by atoms with Crippen molar-refractivity contribution in [2.75, 3.05) is 13.2 Å². The first kappa shape index (κ1) is 17.2. The van der Waals surface area contributed by atoms with Crippen molar-refractivity contribution in [3.05, 3.63) is 40.2 Å². The zero-order chi connectivity index (χ0) is 17.7. The van der Waals surface area contributed by atoms with Gasteiger partial charge in [0.2, 0.25) is 6.41 Å². The van der Waals surface area contributed by atoms with E-state index < -0.39 is 22.5 Å². The monoisotopic (exact) mass is 344 g/mol. The largest absolute Gasteiger partial charge is 0.485 e. The molecule has 11 heteroatoms. The molecule has 1 heterocycles. The maximum absolute atomic E-state index is 12.6. The van der Waals surface area contributed by atoms with Gasteiger partial charge in [0.25, 0.3) is 0 Å². The van der Waals surface area contributed by atoms with Gasteiger partial charge in [0.1, 0.15) is 18.1 Å². The number of rotatable bonds is 7. The molecule has 0 radical (unpaired) electrons. The summed E-state index contributed by atoms with van der Waals surface area (Å²) in [6.45, 7) is 0.146. The van der Waals surface area contributed by atoms with Crippen molar-refractivity contribution in [2.24, 2.45) is 0 Å². The van der Waals surface area contributed by atoms with Crippen LogP contribution in [0, 0.1) is 10.1 Å². The Kier molecular flexibility index (Phi) is 5.02. The van der Waals surface area contributed by atoms with E-state index in [9.17, 15) is 28.1 Å². The van der Waals surface area contributed by atoms with Gasteiger partial charge in [-0.25, -0.2) is 4.98 Å². The van der Waals surface area contributed by atoms with E-state index >= 15 is 0 Å². The summed E-state index contributed by atoms with van der Waals surface area (Å²) in [6.07, 6.45) is -3.53. The van der Waals surface area contributed by atoms with Crippen molar-refractivity contribution in [1.29, 1.82) is 0 Å². The summed E-state index contributed by atoms with van der Waals surface area (Å²) in [7, 11) is 0. The standard InChI is InChI=1S/C13H11F3N4O4/c14-13(15,16)11-6-18-12(19-11)8-1-2-10(9(5-8)20(22)23)24-4-3-17-7-21/h1-2,5-7H,3-4H2,(H,17,21)(H,18,19). The zero-order valence-corrected chi connectivity index (χ0v) is 12.0. The molecule has 8 nitrogen and oxygen atoms in total. The Balaban J connectivity index is 2.26. The van der Waals surface area contributed by atoms with Crippen LogP contribution in [0.4, 0.5) is 18.9 Å². The van der Waals surface area contributed by atoms with E-state index in [4.69, 9.17) is 4.74 Å². The molecule has 24 heavy (non-hydrogen) atoms. The SMILES string of the molecule is O=CNCCOc1ccc(-c2ncc(C(F)(F)F)[nH]2)cc1[N+](=O)[O-]. The molecule has 0 atom stereocenters. The number of benzene rings is 1. The molecular weight excluding hydrogens is 333 g/mol. The van der Waals surface area contributed by atoms with Gasteiger partial charge < -0.3 is 15.0 Å². The molecule has 2 aromatic rings. The highest BCUT2D eigenvalue weighted by Gasteiger charge is 2.33. The summed E-state index contributed by atoms with van der Waals surface area (Å²) in [6, 6.07) is 3.65. The quantitative estimate of drug-likeness (QED) is 0.346. The number of nitro benzene ring substituents is 1. The van der Waals surface area contributed by atoms with Crippen LogP contribution < -0.4 is 10.1 Å². The molecule has 1 amide bonds. The lowest BCUT2D eigenvalue weighted by atomic mass is 10.2. The average molecular weight is 344 g/mol. The molecular formula is C13H11F3N4O4. The maximum Gasteiger partial charge on any atom is 0.432 e. The Morgan fingerprint density at radius 1 is 1.42 bits per heavy atom. The lowest BCUT2D eigenvalue weighted by Gasteiger charge is -2.07. The van der Waals surface area contributed by atoms with Gasteiger partial charge in [0.05, 0.1) is 17.7 Å². The van der Waals surface area contributed by atoms with Crippen molar-refractivity contribution < 1.29 is 27.6 Å². The Labute approximate surface area is 132 Å². The molecule has 0 spiro atoms. The lowest BCUT2D eigenvalue weighted by Crippen LogP contribution is -2.19. The third kappa shape index (κ3) is 4.00. The molecule has 0 bridgehead atoms. The number of carbonyl (C=O) groups is 1. The maximum atomic E-state index is 12.6. The summed E-state index contributed by atoms with van der Waals surface area (Å²) in [5.74, 6) is -0.223. The Bertz CT molecular complexity index is 745. The third-order valence-corrected chi connectivity index (χ3v) is 2.90. The fourth-order valence-electron chi connectivity index (χ4n) is 1.82. The van der Waals surface area contributed by atoms with Gasteiger partial charge in [-0.3, -0.25) is 14.9 Å².